The minimum Gasteiger partial charge on any atom is -0.466 e. The molecule has 1 saturated heterocycles. The van der Waals surface area contributed by atoms with Crippen molar-refractivity contribution in [2.24, 2.45) is 10.9 Å². The van der Waals surface area contributed by atoms with Crippen molar-refractivity contribution < 1.29 is 22.7 Å². The molecule has 1 heterocycles. The second-order valence-corrected chi connectivity index (χ2v) is 6.14. The Kier molecular flexibility index (Phi) is 6.88. The number of halogens is 3. The van der Waals surface area contributed by atoms with Crippen LogP contribution in [0.25, 0.3) is 0 Å². The van der Waals surface area contributed by atoms with Crippen LogP contribution in [-0.2, 0) is 22.3 Å². The maximum Gasteiger partial charge on any atom is 0.416 e. The van der Waals surface area contributed by atoms with Gasteiger partial charge in [-0.05, 0) is 37.5 Å². The molecule has 0 amide bonds. The van der Waals surface area contributed by atoms with Gasteiger partial charge in [0, 0.05) is 26.7 Å². The molecule has 1 aliphatic rings. The number of carbonyl (C=O) groups is 1. The summed E-state index contributed by atoms with van der Waals surface area (Å²) >= 11 is 0. The molecule has 5 nitrogen and oxygen atoms in total. The number of nitrogens with zero attached hydrogens (tertiary/aromatic N) is 2. The summed E-state index contributed by atoms with van der Waals surface area (Å²) in [5.74, 6) is 0.137. The first-order chi connectivity index (χ1) is 12.3. The summed E-state index contributed by atoms with van der Waals surface area (Å²) in [6.45, 7) is 3.56. The minimum atomic E-state index is -4.36. The average Bonchev–Trinajstić information content (AvgIpc) is 2.62. The molecule has 1 aromatic carbocycles. The van der Waals surface area contributed by atoms with E-state index in [0.717, 1.165) is 31.5 Å². The molecule has 0 aromatic heterocycles. The summed E-state index contributed by atoms with van der Waals surface area (Å²) in [5.41, 5.74) is -0.160. The molecule has 0 bridgehead atoms. The topological polar surface area (TPSA) is 53.9 Å². The lowest BCUT2D eigenvalue weighted by molar-refractivity contribution is -0.149. The van der Waals surface area contributed by atoms with E-state index < -0.39 is 11.7 Å². The van der Waals surface area contributed by atoms with Crippen molar-refractivity contribution in [3.8, 4) is 0 Å². The second-order valence-electron chi connectivity index (χ2n) is 6.14. The number of piperidine rings is 1. The van der Waals surface area contributed by atoms with E-state index in [9.17, 15) is 18.0 Å². The van der Waals surface area contributed by atoms with E-state index in [1.54, 1.807) is 20.0 Å². The van der Waals surface area contributed by atoms with Gasteiger partial charge in [0.05, 0.1) is 18.1 Å². The van der Waals surface area contributed by atoms with E-state index in [1.807, 2.05) is 4.90 Å². The fourth-order valence-corrected chi connectivity index (χ4v) is 2.99. The lowest BCUT2D eigenvalue weighted by atomic mass is 9.98. The number of guanidine groups is 1. The maximum absolute atomic E-state index is 12.8. The van der Waals surface area contributed by atoms with Crippen LogP contribution in [0, 0.1) is 5.92 Å². The molecule has 1 unspecified atom stereocenters. The van der Waals surface area contributed by atoms with Crippen molar-refractivity contribution >= 4 is 11.9 Å². The number of ether oxygens (including phenoxy) is 1. The molecule has 0 radical (unpaired) electrons. The number of esters is 1. The van der Waals surface area contributed by atoms with Crippen molar-refractivity contribution in [1.82, 2.24) is 10.2 Å². The van der Waals surface area contributed by atoms with Gasteiger partial charge in [0.15, 0.2) is 5.96 Å². The Labute approximate surface area is 151 Å². The monoisotopic (exact) mass is 371 g/mol. The van der Waals surface area contributed by atoms with Crippen LogP contribution in [0.1, 0.15) is 30.9 Å². The zero-order chi connectivity index (χ0) is 19.2. The van der Waals surface area contributed by atoms with Crippen LogP contribution in [0.4, 0.5) is 13.2 Å². The summed E-state index contributed by atoms with van der Waals surface area (Å²) in [5, 5.41) is 3.08. The lowest BCUT2D eigenvalue weighted by Crippen LogP contribution is -2.48. The Hall–Kier alpha value is -2.25. The van der Waals surface area contributed by atoms with E-state index >= 15 is 0 Å². The molecular weight excluding hydrogens is 347 g/mol. The standard InChI is InChI=1S/C18H24F3N3O2/c1-3-26-16(25)14-7-5-9-24(12-14)17(22-2)23-11-13-6-4-8-15(10-13)18(19,20)21/h4,6,8,10,14H,3,5,7,9,11-12H2,1-2H3,(H,22,23). The molecule has 1 N–H and O–H groups in total. The van der Waals surface area contributed by atoms with Crippen molar-refractivity contribution in [2.75, 3.05) is 26.7 Å². The second kappa shape index (κ2) is 8.91. The maximum atomic E-state index is 12.8. The van der Waals surface area contributed by atoms with E-state index in [4.69, 9.17) is 4.74 Å². The normalized spacial score (nSPS) is 18.6. The van der Waals surface area contributed by atoms with E-state index in [2.05, 4.69) is 10.3 Å². The third kappa shape index (κ3) is 5.37. The van der Waals surface area contributed by atoms with Crippen LogP contribution in [0.15, 0.2) is 29.3 Å². The number of carbonyl (C=O) groups excluding carboxylic acids is 1. The number of aliphatic imine (C=N–C) groups is 1. The fraction of sp³-hybridized carbons (Fsp3) is 0.556. The lowest BCUT2D eigenvalue weighted by Gasteiger charge is -2.34. The summed E-state index contributed by atoms with van der Waals surface area (Å²) < 4.78 is 43.5. The fourth-order valence-electron chi connectivity index (χ4n) is 2.99. The van der Waals surface area contributed by atoms with Gasteiger partial charge in [-0.1, -0.05) is 12.1 Å². The zero-order valence-electron chi connectivity index (χ0n) is 15.0. The Balaban J connectivity index is 1.98. The van der Waals surface area contributed by atoms with Crippen molar-refractivity contribution in [3.05, 3.63) is 35.4 Å². The minimum absolute atomic E-state index is 0.212. The molecule has 144 valence electrons. The van der Waals surface area contributed by atoms with Gasteiger partial charge in [0.25, 0.3) is 0 Å². The van der Waals surface area contributed by atoms with E-state index in [1.165, 1.54) is 6.07 Å². The van der Waals surface area contributed by atoms with Gasteiger partial charge in [0.1, 0.15) is 0 Å². The molecule has 1 aliphatic heterocycles. The molecule has 1 aromatic rings. The summed E-state index contributed by atoms with van der Waals surface area (Å²) in [6, 6.07) is 5.19. The van der Waals surface area contributed by atoms with Crippen molar-refractivity contribution in [2.45, 2.75) is 32.5 Å². The Morgan fingerprint density at radius 3 is 2.85 bits per heavy atom. The Morgan fingerprint density at radius 2 is 2.19 bits per heavy atom. The molecule has 2 rings (SSSR count). The highest BCUT2D eigenvalue weighted by molar-refractivity contribution is 5.81. The van der Waals surface area contributed by atoms with Gasteiger partial charge >= 0.3 is 12.1 Å². The van der Waals surface area contributed by atoms with Crippen LogP contribution < -0.4 is 5.32 Å². The molecule has 8 heteroatoms. The molecular formula is C18H24F3N3O2. The van der Waals surface area contributed by atoms with Crippen LogP contribution in [0.5, 0.6) is 0 Å². The largest absolute Gasteiger partial charge is 0.466 e. The van der Waals surface area contributed by atoms with Crippen LogP contribution in [0.3, 0.4) is 0 Å². The van der Waals surface area contributed by atoms with Gasteiger partial charge in [-0.15, -0.1) is 0 Å². The number of benzene rings is 1. The molecule has 26 heavy (non-hydrogen) atoms. The van der Waals surface area contributed by atoms with Crippen LogP contribution >= 0.6 is 0 Å². The predicted molar refractivity (Wildman–Crippen MR) is 92.6 cm³/mol. The summed E-state index contributed by atoms with van der Waals surface area (Å²) in [7, 11) is 1.61. The number of likely N-dealkylation sites (tertiary alicyclic amines) is 1. The number of nitrogens with one attached hydrogen (secondary N) is 1. The van der Waals surface area contributed by atoms with E-state index in [-0.39, 0.29) is 18.4 Å². The number of alkyl halides is 3. The number of hydrogen-bond donors (Lipinski definition) is 1. The summed E-state index contributed by atoms with van der Waals surface area (Å²) in [6.07, 6.45) is -2.77. The first kappa shape index (κ1) is 20.1. The first-order valence-electron chi connectivity index (χ1n) is 8.63. The molecule has 1 fully saturated rings. The Bertz CT molecular complexity index is 647. The molecule has 0 spiro atoms. The van der Waals surface area contributed by atoms with E-state index in [0.29, 0.717) is 24.7 Å². The van der Waals surface area contributed by atoms with Crippen molar-refractivity contribution in [3.63, 3.8) is 0 Å². The SMILES string of the molecule is CCOC(=O)C1CCCN(C(=NC)NCc2cccc(C(F)(F)F)c2)C1. The highest BCUT2D eigenvalue weighted by Gasteiger charge is 2.31. The van der Waals surface area contributed by atoms with Gasteiger partial charge in [0.2, 0.25) is 0 Å². The molecule has 0 aliphatic carbocycles. The highest BCUT2D eigenvalue weighted by atomic mass is 19.4. The van der Waals surface area contributed by atoms with Crippen LogP contribution in [-0.4, -0.2) is 43.6 Å². The quantitative estimate of drug-likeness (QED) is 0.502. The van der Waals surface area contributed by atoms with Crippen molar-refractivity contribution in [1.29, 1.82) is 0 Å². The molecule has 1 atom stereocenters. The first-order valence-corrected chi connectivity index (χ1v) is 8.63. The summed E-state index contributed by atoms with van der Waals surface area (Å²) in [4.78, 5) is 18.1. The third-order valence-corrected chi connectivity index (χ3v) is 4.26. The number of hydrogen-bond acceptors (Lipinski definition) is 3. The van der Waals surface area contributed by atoms with Gasteiger partial charge in [-0.2, -0.15) is 13.2 Å². The smallest absolute Gasteiger partial charge is 0.416 e. The molecule has 0 saturated carbocycles. The average molecular weight is 371 g/mol. The Morgan fingerprint density at radius 1 is 1.42 bits per heavy atom. The zero-order valence-corrected chi connectivity index (χ0v) is 15.0. The highest BCUT2D eigenvalue weighted by Crippen LogP contribution is 2.29. The van der Waals surface area contributed by atoms with Gasteiger partial charge < -0.3 is 15.0 Å². The number of rotatable bonds is 4. The van der Waals surface area contributed by atoms with Gasteiger partial charge in [-0.25, -0.2) is 0 Å². The van der Waals surface area contributed by atoms with Gasteiger partial charge in [-0.3, -0.25) is 9.79 Å². The predicted octanol–water partition coefficient (Wildman–Crippen LogP) is 3.06. The third-order valence-electron chi connectivity index (χ3n) is 4.26. The van der Waals surface area contributed by atoms with Crippen LogP contribution in [0.2, 0.25) is 0 Å².